The van der Waals surface area contributed by atoms with Gasteiger partial charge in [0.25, 0.3) is 0 Å². The average Bonchev–Trinajstić information content (AvgIpc) is 2.45. The van der Waals surface area contributed by atoms with Crippen LogP contribution in [-0.2, 0) is 12.8 Å². The van der Waals surface area contributed by atoms with Crippen molar-refractivity contribution >= 4 is 11.6 Å². The predicted molar refractivity (Wildman–Crippen MR) is 84.9 cm³/mol. The summed E-state index contributed by atoms with van der Waals surface area (Å²) in [6.07, 6.45) is 4.70. The molecule has 0 heterocycles. The Morgan fingerprint density at radius 3 is 2.32 bits per heavy atom. The summed E-state index contributed by atoms with van der Waals surface area (Å²) in [5.74, 6) is 0. The summed E-state index contributed by atoms with van der Waals surface area (Å²) in [6, 6.07) is 15.1. The van der Waals surface area contributed by atoms with Crippen molar-refractivity contribution in [3.8, 4) is 11.1 Å². The smallest absolute Gasteiger partial charge is 0.0409 e. The fourth-order valence-corrected chi connectivity index (χ4v) is 2.56. The van der Waals surface area contributed by atoms with Crippen molar-refractivity contribution in [1.29, 1.82) is 0 Å². The Hall–Kier alpha value is -1.27. The van der Waals surface area contributed by atoms with Crippen LogP contribution < -0.4 is 0 Å². The molecule has 0 atom stereocenters. The summed E-state index contributed by atoms with van der Waals surface area (Å²) >= 11 is 6.07. The maximum absolute atomic E-state index is 6.07. The van der Waals surface area contributed by atoms with E-state index in [1.54, 1.807) is 0 Å². The standard InChI is InChI=1S/C18H21Cl/c1-3-5-6-14-7-9-16(10-8-14)18-12-11-17(19)13-15(18)4-2/h7-13H,3-6H2,1-2H3. The first-order valence-electron chi connectivity index (χ1n) is 7.12. The second-order valence-corrected chi connectivity index (χ2v) is 5.39. The van der Waals surface area contributed by atoms with Gasteiger partial charge in [0.05, 0.1) is 0 Å². The Bertz CT molecular complexity index is 526. The van der Waals surface area contributed by atoms with E-state index in [1.807, 2.05) is 6.07 Å². The third-order valence-electron chi connectivity index (χ3n) is 3.53. The Morgan fingerprint density at radius 2 is 1.68 bits per heavy atom. The largest absolute Gasteiger partial charge is 0.0843 e. The van der Waals surface area contributed by atoms with Crippen molar-refractivity contribution in [3.05, 3.63) is 58.6 Å². The highest BCUT2D eigenvalue weighted by Gasteiger charge is 2.04. The van der Waals surface area contributed by atoms with Crippen LogP contribution in [0.15, 0.2) is 42.5 Å². The zero-order chi connectivity index (χ0) is 13.7. The molecule has 100 valence electrons. The minimum absolute atomic E-state index is 0.820. The minimum atomic E-state index is 0.820. The summed E-state index contributed by atoms with van der Waals surface area (Å²) in [4.78, 5) is 0. The number of hydrogen-bond acceptors (Lipinski definition) is 0. The molecule has 1 heteroatoms. The van der Waals surface area contributed by atoms with Crippen LogP contribution in [0.2, 0.25) is 5.02 Å². The van der Waals surface area contributed by atoms with Gasteiger partial charge in [0.2, 0.25) is 0 Å². The van der Waals surface area contributed by atoms with Crippen LogP contribution >= 0.6 is 11.6 Å². The maximum Gasteiger partial charge on any atom is 0.0409 e. The third kappa shape index (κ3) is 3.61. The predicted octanol–water partition coefficient (Wildman–Crippen LogP) is 5.91. The van der Waals surface area contributed by atoms with E-state index in [2.05, 4.69) is 50.2 Å². The molecule has 0 aliphatic heterocycles. The quantitative estimate of drug-likeness (QED) is 0.634. The van der Waals surface area contributed by atoms with Gasteiger partial charge in [-0.1, -0.05) is 62.2 Å². The van der Waals surface area contributed by atoms with Crippen LogP contribution in [0.25, 0.3) is 11.1 Å². The molecule has 0 bridgehead atoms. The van der Waals surface area contributed by atoms with E-state index in [0.29, 0.717) is 0 Å². The Morgan fingerprint density at radius 1 is 0.947 bits per heavy atom. The zero-order valence-corrected chi connectivity index (χ0v) is 12.5. The Kier molecular flexibility index (Phi) is 5.04. The molecule has 0 spiro atoms. The van der Waals surface area contributed by atoms with Crippen molar-refractivity contribution in [2.75, 3.05) is 0 Å². The number of rotatable bonds is 5. The summed E-state index contributed by atoms with van der Waals surface area (Å²) < 4.78 is 0. The molecular weight excluding hydrogens is 252 g/mol. The number of hydrogen-bond donors (Lipinski definition) is 0. The molecule has 0 saturated heterocycles. The van der Waals surface area contributed by atoms with Gasteiger partial charge in [-0.2, -0.15) is 0 Å². The highest BCUT2D eigenvalue weighted by molar-refractivity contribution is 6.30. The summed E-state index contributed by atoms with van der Waals surface area (Å²) in [6.45, 7) is 4.40. The first kappa shape index (κ1) is 14.1. The molecule has 2 rings (SSSR count). The number of unbranched alkanes of at least 4 members (excludes halogenated alkanes) is 1. The van der Waals surface area contributed by atoms with Crippen LogP contribution in [0.5, 0.6) is 0 Å². The summed E-state index contributed by atoms with van der Waals surface area (Å²) in [7, 11) is 0. The molecule has 0 aliphatic rings. The number of halogens is 1. The second kappa shape index (κ2) is 6.77. The lowest BCUT2D eigenvalue weighted by atomic mass is 9.96. The van der Waals surface area contributed by atoms with Gasteiger partial charge in [0.1, 0.15) is 0 Å². The molecule has 2 aromatic rings. The molecule has 0 unspecified atom stereocenters. The summed E-state index contributed by atoms with van der Waals surface area (Å²) in [5.41, 5.74) is 5.33. The van der Waals surface area contributed by atoms with Gasteiger partial charge in [0.15, 0.2) is 0 Å². The van der Waals surface area contributed by atoms with E-state index in [-0.39, 0.29) is 0 Å². The molecular formula is C18H21Cl. The van der Waals surface area contributed by atoms with Crippen LogP contribution in [0, 0.1) is 0 Å². The van der Waals surface area contributed by atoms with Crippen molar-refractivity contribution in [2.24, 2.45) is 0 Å². The first-order valence-corrected chi connectivity index (χ1v) is 7.50. The van der Waals surface area contributed by atoms with Crippen LogP contribution in [-0.4, -0.2) is 0 Å². The third-order valence-corrected chi connectivity index (χ3v) is 3.77. The van der Waals surface area contributed by atoms with Gasteiger partial charge in [-0.05, 0) is 53.6 Å². The minimum Gasteiger partial charge on any atom is -0.0843 e. The van der Waals surface area contributed by atoms with Gasteiger partial charge < -0.3 is 0 Å². The van der Waals surface area contributed by atoms with Crippen LogP contribution in [0.3, 0.4) is 0 Å². The van der Waals surface area contributed by atoms with E-state index in [9.17, 15) is 0 Å². The van der Waals surface area contributed by atoms with Gasteiger partial charge in [-0.3, -0.25) is 0 Å². The molecule has 0 saturated carbocycles. The Labute approximate surface area is 121 Å². The molecule has 19 heavy (non-hydrogen) atoms. The molecule has 0 amide bonds. The molecule has 0 aromatic heterocycles. The second-order valence-electron chi connectivity index (χ2n) is 4.96. The van der Waals surface area contributed by atoms with E-state index in [4.69, 9.17) is 11.6 Å². The van der Waals surface area contributed by atoms with Crippen LogP contribution in [0.1, 0.15) is 37.8 Å². The van der Waals surface area contributed by atoms with Crippen molar-refractivity contribution in [1.82, 2.24) is 0 Å². The topological polar surface area (TPSA) is 0 Å². The van der Waals surface area contributed by atoms with Crippen molar-refractivity contribution in [3.63, 3.8) is 0 Å². The van der Waals surface area contributed by atoms with Crippen molar-refractivity contribution in [2.45, 2.75) is 39.5 Å². The van der Waals surface area contributed by atoms with Gasteiger partial charge in [0, 0.05) is 5.02 Å². The Balaban J connectivity index is 2.26. The normalized spacial score (nSPS) is 10.7. The van der Waals surface area contributed by atoms with E-state index >= 15 is 0 Å². The molecule has 0 nitrogen and oxygen atoms in total. The molecule has 2 aromatic carbocycles. The first-order chi connectivity index (χ1) is 9.24. The van der Waals surface area contributed by atoms with E-state index in [1.165, 1.54) is 41.5 Å². The lowest BCUT2D eigenvalue weighted by Crippen LogP contribution is -1.89. The fraction of sp³-hybridized carbons (Fsp3) is 0.333. The fourth-order valence-electron chi connectivity index (χ4n) is 2.37. The lowest BCUT2D eigenvalue weighted by Gasteiger charge is -2.09. The van der Waals surface area contributed by atoms with Gasteiger partial charge >= 0.3 is 0 Å². The summed E-state index contributed by atoms with van der Waals surface area (Å²) in [5, 5.41) is 0.820. The van der Waals surface area contributed by atoms with Gasteiger partial charge in [-0.25, -0.2) is 0 Å². The zero-order valence-electron chi connectivity index (χ0n) is 11.7. The van der Waals surface area contributed by atoms with E-state index < -0.39 is 0 Å². The number of benzene rings is 2. The highest BCUT2D eigenvalue weighted by Crippen LogP contribution is 2.27. The molecule has 0 fully saturated rings. The van der Waals surface area contributed by atoms with Crippen molar-refractivity contribution < 1.29 is 0 Å². The monoisotopic (exact) mass is 272 g/mol. The maximum atomic E-state index is 6.07. The average molecular weight is 273 g/mol. The lowest BCUT2D eigenvalue weighted by molar-refractivity contribution is 0.795. The number of aryl methyl sites for hydroxylation is 2. The molecule has 0 N–H and O–H groups in total. The molecule has 0 radical (unpaired) electrons. The highest BCUT2D eigenvalue weighted by atomic mass is 35.5. The van der Waals surface area contributed by atoms with Gasteiger partial charge in [-0.15, -0.1) is 0 Å². The SMILES string of the molecule is CCCCc1ccc(-c2ccc(Cl)cc2CC)cc1. The van der Waals surface area contributed by atoms with Crippen LogP contribution in [0.4, 0.5) is 0 Å². The van der Waals surface area contributed by atoms with E-state index in [0.717, 1.165) is 11.4 Å². The molecule has 0 aliphatic carbocycles.